The number of amides is 1. The van der Waals surface area contributed by atoms with Crippen LogP contribution in [0.5, 0.6) is 11.5 Å². The molecule has 3 aromatic rings. The lowest BCUT2D eigenvalue weighted by Gasteiger charge is -2.15. The Morgan fingerprint density at radius 1 is 1.11 bits per heavy atom. The van der Waals surface area contributed by atoms with Gasteiger partial charge in [-0.2, -0.15) is 0 Å². The van der Waals surface area contributed by atoms with Crippen molar-refractivity contribution < 1.29 is 24.2 Å². The van der Waals surface area contributed by atoms with Gasteiger partial charge in [0.05, 0.1) is 27.8 Å². The molecule has 0 atom stereocenters. The number of hydrogen-bond donors (Lipinski definition) is 2. The molecule has 0 aromatic heterocycles. The monoisotopic (exact) mass is 508 g/mol. The SMILES string of the molecule is CCOc1cc(/C=C2\SC(=Nc3ccccc3)NC2=O)cc(Cl)c1OCc1ccc(C(=O)O)cc1. The first kappa shape index (κ1) is 24.4. The normalized spacial score (nSPS) is 15.3. The third-order valence-corrected chi connectivity index (χ3v) is 6.04. The summed E-state index contributed by atoms with van der Waals surface area (Å²) in [4.78, 5) is 28.4. The second kappa shape index (κ2) is 11.1. The molecule has 0 aliphatic carbocycles. The van der Waals surface area contributed by atoms with Crippen LogP contribution in [0.3, 0.4) is 0 Å². The van der Waals surface area contributed by atoms with Crippen LogP contribution in [0.25, 0.3) is 6.08 Å². The highest BCUT2D eigenvalue weighted by Gasteiger charge is 2.24. The van der Waals surface area contributed by atoms with Crippen LogP contribution in [0.15, 0.2) is 76.6 Å². The van der Waals surface area contributed by atoms with Crippen LogP contribution in [0, 0.1) is 0 Å². The Kier molecular flexibility index (Phi) is 7.74. The van der Waals surface area contributed by atoms with Crippen molar-refractivity contribution in [2.75, 3.05) is 6.61 Å². The lowest BCUT2D eigenvalue weighted by molar-refractivity contribution is -0.115. The number of benzene rings is 3. The Hall–Kier alpha value is -3.75. The van der Waals surface area contributed by atoms with Gasteiger partial charge in [0.15, 0.2) is 16.7 Å². The number of thioether (sulfide) groups is 1. The van der Waals surface area contributed by atoms with Crippen molar-refractivity contribution in [2.45, 2.75) is 13.5 Å². The molecule has 0 saturated carbocycles. The molecule has 35 heavy (non-hydrogen) atoms. The molecule has 0 radical (unpaired) electrons. The van der Waals surface area contributed by atoms with E-state index in [1.165, 1.54) is 23.9 Å². The molecule has 1 fully saturated rings. The van der Waals surface area contributed by atoms with E-state index in [1.807, 2.05) is 37.3 Å². The first-order valence-electron chi connectivity index (χ1n) is 10.7. The minimum Gasteiger partial charge on any atom is -0.490 e. The van der Waals surface area contributed by atoms with E-state index in [-0.39, 0.29) is 18.1 Å². The summed E-state index contributed by atoms with van der Waals surface area (Å²) in [7, 11) is 0. The predicted molar refractivity (Wildman–Crippen MR) is 138 cm³/mol. The Morgan fingerprint density at radius 2 is 1.86 bits per heavy atom. The Morgan fingerprint density at radius 3 is 2.54 bits per heavy atom. The summed E-state index contributed by atoms with van der Waals surface area (Å²) >= 11 is 7.76. The van der Waals surface area contributed by atoms with Crippen LogP contribution in [-0.4, -0.2) is 28.8 Å². The fourth-order valence-corrected chi connectivity index (χ4v) is 4.34. The summed E-state index contributed by atoms with van der Waals surface area (Å²) in [5, 5.41) is 12.6. The number of carbonyl (C=O) groups excluding carboxylic acids is 1. The maximum Gasteiger partial charge on any atom is 0.335 e. The number of carboxylic acid groups (broad SMARTS) is 1. The fourth-order valence-electron chi connectivity index (χ4n) is 3.23. The zero-order valence-electron chi connectivity index (χ0n) is 18.7. The Labute approximate surface area is 211 Å². The number of nitrogens with one attached hydrogen (secondary N) is 1. The van der Waals surface area contributed by atoms with Gasteiger partial charge in [-0.1, -0.05) is 41.9 Å². The number of hydrogen-bond acceptors (Lipinski definition) is 6. The highest BCUT2D eigenvalue weighted by atomic mass is 35.5. The number of amidine groups is 1. The van der Waals surface area contributed by atoms with Crippen molar-refractivity contribution in [1.82, 2.24) is 5.32 Å². The van der Waals surface area contributed by atoms with Crippen molar-refractivity contribution >= 4 is 52.2 Å². The average Bonchev–Trinajstić information content (AvgIpc) is 3.18. The summed E-state index contributed by atoms with van der Waals surface area (Å²) in [6, 6.07) is 19.2. The first-order chi connectivity index (χ1) is 16.9. The van der Waals surface area contributed by atoms with Gasteiger partial charge in [0.25, 0.3) is 5.91 Å². The second-order valence-corrected chi connectivity index (χ2v) is 8.81. The highest BCUT2D eigenvalue weighted by Crippen LogP contribution is 2.39. The lowest BCUT2D eigenvalue weighted by Crippen LogP contribution is -2.19. The van der Waals surface area contributed by atoms with Crippen LogP contribution >= 0.6 is 23.4 Å². The third kappa shape index (κ3) is 6.23. The Balaban J connectivity index is 1.53. The fraction of sp³-hybridized carbons (Fsp3) is 0.115. The van der Waals surface area contributed by atoms with Gasteiger partial charge in [-0.05, 0) is 72.3 Å². The number of para-hydroxylation sites is 1. The summed E-state index contributed by atoms with van der Waals surface area (Å²) in [5.74, 6) is -0.427. The minimum absolute atomic E-state index is 0.178. The molecule has 0 spiro atoms. The molecule has 1 heterocycles. The summed E-state index contributed by atoms with van der Waals surface area (Å²) in [6.07, 6.45) is 1.72. The molecular formula is C26H21ClN2O5S. The van der Waals surface area contributed by atoms with Gasteiger partial charge >= 0.3 is 5.97 Å². The van der Waals surface area contributed by atoms with Crippen molar-refractivity contribution in [3.63, 3.8) is 0 Å². The summed E-state index contributed by atoms with van der Waals surface area (Å²) < 4.78 is 11.6. The van der Waals surface area contributed by atoms with Gasteiger partial charge in [0.1, 0.15) is 6.61 Å². The van der Waals surface area contributed by atoms with Gasteiger partial charge < -0.3 is 19.9 Å². The number of halogens is 1. The minimum atomic E-state index is -0.989. The molecular weight excluding hydrogens is 488 g/mol. The second-order valence-electron chi connectivity index (χ2n) is 7.37. The van der Waals surface area contributed by atoms with Crippen molar-refractivity contribution in [1.29, 1.82) is 0 Å². The number of aromatic carboxylic acids is 1. The van der Waals surface area contributed by atoms with Crippen LogP contribution in [-0.2, 0) is 11.4 Å². The number of ether oxygens (including phenoxy) is 2. The maximum absolute atomic E-state index is 12.5. The lowest BCUT2D eigenvalue weighted by atomic mass is 10.1. The maximum atomic E-state index is 12.5. The highest BCUT2D eigenvalue weighted by molar-refractivity contribution is 8.18. The molecule has 0 unspecified atom stereocenters. The summed E-state index contributed by atoms with van der Waals surface area (Å²) in [5.41, 5.74) is 2.40. The topological polar surface area (TPSA) is 97.2 Å². The van der Waals surface area contributed by atoms with E-state index in [0.717, 1.165) is 11.3 Å². The number of carboxylic acids is 1. The van der Waals surface area contributed by atoms with E-state index >= 15 is 0 Å². The molecule has 178 valence electrons. The van der Waals surface area contributed by atoms with E-state index in [0.29, 0.717) is 38.8 Å². The zero-order chi connectivity index (χ0) is 24.8. The van der Waals surface area contributed by atoms with Crippen LogP contribution < -0.4 is 14.8 Å². The van der Waals surface area contributed by atoms with Crippen molar-refractivity contribution in [2.24, 2.45) is 4.99 Å². The largest absolute Gasteiger partial charge is 0.490 e. The van der Waals surface area contributed by atoms with Crippen LogP contribution in [0.1, 0.15) is 28.4 Å². The smallest absolute Gasteiger partial charge is 0.335 e. The number of carbonyl (C=O) groups is 2. The van der Waals surface area contributed by atoms with E-state index < -0.39 is 5.97 Å². The van der Waals surface area contributed by atoms with Gasteiger partial charge in [0, 0.05) is 0 Å². The summed E-state index contributed by atoms with van der Waals surface area (Å²) in [6.45, 7) is 2.42. The van der Waals surface area contributed by atoms with Crippen LogP contribution in [0.4, 0.5) is 5.69 Å². The van der Waals surface area contributed by atoms with Gasteiger partial charge in [-0.3, -0.25) is 4.79 Å². The molecule has 1 aliphatic rings. The molecule has 3 aromatic carbocycles. The van der Waals surface area contributed by atoms with Gasteiger partial charge in [-0.25, -0.2) is 9.79 Å². The first-order valence-corrected chi connectivity index (χ1v) is 11.9. The molecule has 0 bridgehead atoms. The molecule has 4 rings (SSSR count). The molecule has 7 nitrogen and oxygen atoms in total. The van der Waals surface area contributed by atoms with Crippen molar-refractivity contribution in [3.8, 4) is 11.5 Å². The van der Waals surface area contributed by atoms with E-state index in [1.54, 1.807) is 30.3 Å². The standard InChI is InChI=1S/C26H21ClN2O5S/c1-2-33-21-13-17(14-22-24(30)29-26(35-22)28-19-6-4-3-5-7-19)12-20(27)23(21)34-15-16-8-10-18(11-9-16)25(31)32/h3-14H,2,15H2,1H3,(H,31,32)(H,28,29,30)/b22-14-. The van der Waals surface area contributed by atoms with E-state index in [9.17, 15) is 9.59 Å². The predicted octanol–water partition coefficient (Wildman–Crippen LogP) is 5.91. The van der Waals surface area contributed by atoms with Gasteiger partial charge in [0.2, 0.25) is 0 Å². The Bertz CT molecular complexity index is 1310. The third-order valence-electron chi connectivity index (χ3n) is 4.85. The van der Waals surface area contributed by atoms with E-state index in [4.69, 9.17) is 26.2 Å². The molecule has 9 heteroatoms. The van der Waals surface area contributed by atoms with E-state index in [2.05, 4.69) is 10.3 Å². The van der Waals surface area contributed by atoms with Crippen molar-refractivity contribution in [3.05, 3.63) is 93.3 Å². The van der Waals surface area contributed by atoms with Gasteiger partial charge in [-0.15, -0.1) is 0 Å². The number of rotatable bonds is 8. The average molecular weight is 509 g/mol. The molecule has 1 saturated heterocycles. The molecule has 1 amide bonds. The van der Waals surface area contributed by atoms with Crippen LogP contribution in [0.2, 0.25) is 5.02 Å². The number of aliphatic imine (C=N–C) groups is 1. The number of nitrogens with zero attached hydrogens (tertiary/aromatic N) is 1. The zero-order valence-corrected chi connectivity index (χ0v) is 20.2. The molecule has 1 aliphatic heterocycles. The quantitative estimate of drug-likeness (QED) is 0.367. The molecule has 2 N–H and O–H groups in total.